The molecule has 0 unspecified atom stereocenters. The SMILES string of the molecule is Cc1cc(C)nc(S[C@@H]2/C(=N/O)[C@H]3CC[C@@H]2C3)n1. The summed E-state index contributed by atoms with van der Waals surface area (Å²) >= 11 is 1.66. The van der Waals surface area contributed by atoms with Crippen LogP contribution >= 0.6 is 11.8 Å². The zero-order valence-electron chi connectivity index (χ0n) is 10.6. The first-order chi connectivity index (χ1) is 8.67. The average molecular weight is 263 g/mol. The molecule has 0 aliphatic heterocycles. The van der Waals surface area contributed by atoms with Gasteiger partial charge in [-0.25, -0.2) is 9.97 Å². The number of aromatic nitrogens is 2. The van der Waals surface area contributed by atoms with Gasteiger partial charge >= 0.3 is 0 Å². The summed E-state index contributed by atoms with van der Waals surface area (Å²) in [5.74, 6) is 1.12. The molecule has 18 heavy (non-hydrogen) atoms. The van der Waals surface area contributed by atoms with E-state index in [0.29, 0.717) is 11.8 Å². The smallest absolute Gasteiger partial charge is 0.188 e. The maximum atomic E-state index is 9.18. The minimum Gasteiger partial charge on any atom is -0.411 e. The Labute approximate surface area is 111 Å². The van der Waals surface area contributed by atoms with E-state index < -0.39 is 0 Å². The van der Waals surface area contributed by atoms with Gasteiger partial charge in [-0.15, -0.1) is 0 Å². The van der Waals surface area contributed by atoms with Gasteiger partial charge in [-0.05, 0) is 45.1 Å². The molecule has 2 saturated carbocycles. The van der Waals surface area contributed by atoms with Gasteiger partial charge in [0.05, 0.1) is 11.0 Å². The van der Waals surface area contributed by atoms with Crippen molar-refractivity contribution in [2.75, 3.05) is 0 Å². The van der Waals surface area contributed by atoms with Gasteiger partial charge in [0.1, 0.15) is 0 Å². The van der Waals surface area contributed by atoms with Crippen LogP contribution in [0.5, 0.6) is 0 Å². The zero-order valence-corrected chi connectivity index (χ0v) is 11.4. The fourth-order valence-corrected chi connectivity index (χ4v) is 4.61. The number of hydrogen-bond acceptors (Lipinski definition) is 5. The summed E-state index contributed by atoms with van der Waals surface area (Å²) in [5.41, 5.74) is 2.95. The van der Waals surface area contributed by atoms with Gasteiger partial charge in [0.2, 0.25) is 0 Å². The van der Waals surface area contributed by atoms with E-state index >= 15 is 0 Å². The van der Waals surface area contributed by atoms with Crippen molar-refractivity contribution in [3.8, 4) is 0 Å². The molecule has 1 aromatic heterocycles. The van der Waals surface area contributed by atoms with Crippen molar-refractivity contribution in [3.05, 3.63) is 17.5 Å². The standard InChI is InChI=1S/C13H17N3OS/c1-7-5-8(2)15-13(14-7)18-12-10-4-3-9(6-10)11(12)16-17/h5,9-10,12,17H,3-4,6H2,1-2H3/b16-11+/t9-,10+,12-/m0/s1. The quantitative estimate of drug-likeness (QED) is 0.506. The van der Waals surface area contributed by atoms with Crippen molar-refractivity contribution in [1.29, 1.82) is 0 Å². The summed E-state index contributed by atoms with van der Waals surface area (Å²) in [5, 5.41) is 13.8. The van der Waals surface area contributed by atoms with Crippen molar-refractivity contribution in [2.24, 2.45) is 17.0 Å². The Kier molecular flexibility index (Phi) is 3.01. The predicted molar refractivity (Wildman–Crippen MR) is 71.2 cm³/mol. The molecular weight excluding hydrogens is 246 g/mol. The molecule has 5 heteroatoms. The summed E-state index contributed by atoms with van der Waals surface area (Å²) in [6.45, 7) is 3.97. The predicted octanol–water partition coefficient (Wildman–Crippen LogP) is 2.81. The Morgan fingerprint density at radius 1 is 1.28 bits per heavy atom. The Morgan fingerprint density at radius 3 is 2.67 bits per heavy atom. The molecule has 0 saturated heterocycles. The van der Waals surface area contributed by atoms with Gasteiger partial charge in [-0.2, -0.15) is 0 Å². The normalized spacial score (nSPS) is 32.3. The number of fused-ring (bicyclic) bond motifs is 2. The monoisotopic (exact) mass is 263 g/mol. The van der Waals surface area contributed by atoms with Crippen LogP contribution in [0.25, 0.3) is 0 Å². The van der Waals surface area contributed by atoms with E-state index in [1.807, 2.05) is 19.9 Å². The lowest BCUT2D eigenvalue weighted by Gasteiger charge is -2.21. The molecule has 1 aromatic rings. The molecule has 3 atom stereocenters. The molecule has 2 fully saturated rings. The van der Waals surface area contributed by atoms with Crippen molar-refractivity contribution < 1.29 is 5.21 Å². The Hall–Kier alpha value is -1.10. The largest absolute Gasteiger partial charge is 0.411 e. The van der Waals surface area contributed by atoms with Crippen molar-refractivity contribution >= 4 is 17.5 Å². The highest BCUT2D eigenvalue weighted by Crippen LogP contribution is 2.48. The number of nitrogens with zero attached hydrogens (tertiary/aromatic N) is 3. The Bertz CT molecular complexity index is 483. The molecule has 2 aliphatic carbocycles. The Balaban J connectivity index is 1.84. The fraction of sp³-hybridized carbons (Fsp3) is 0.615. The molecule has 3 rings (SSSR count). The number of rotatable bonds is 2. The van der Waals surface area contributed by atoms with E-state index in [1.54, 1.807) is 11.8 Å². The first-order valence-corrected chi connectivity index (χ1v) is 7.26. The molecule has 0 aromatic carbocycles. The second kappa shape index (κ2) is 4.53. The van der Waals surface area contributed by atoms with E-state index in [4.69, 9.17) is 0 Å². The van der Waals surface area contributed by atoms with Crippen molar-refractivity contribution in [2.45, 2.75) is 43.5 Å². The van der Waals surface area contributed by atoms with Crippen LogP contribution in [0.15, 0.2) is 16.4 Å². The highest BCUT2D eigenvalue weighted by molar-refractivity contribution is 8.00. The highest BCUT2D eigenvalue weighted by atomic mass is 32.2. The lowest BCUT2D eigenvalue weighted by Crippen LogP contribution is -2.25. The van der Waals surface area contributed by atoms with Gasteiger partial charge in [0.25, 0.3) is 0 Å². The van der Waals surface area contributed by atoms with Crippen LogP contribution < -0.4 is 0 Å². The molecule has 0 amide bonds. The van der Waals surface area contributed by atoms with Gasteiger partial charge in [-0.1, -0.05) is 16.9 Å². The van der Waals surface area contributed by atoms with E-state index in [9.17, 15) is 5.21 Å². The first kappa shape index (κ1) is 12.0. The lowest BCUT2D eigenvalue weighted by molar-refractivity contribution is 0.314. The summed E-state index contributed by atoms with van der Waals surface area (Å²) in [6.07, 6.45) is 3.59. The van der Waals surface area contributed by atoms with Crippen LogP contribution in [0.4, 0.5) is 0 Å². The molecule has 2 aliphatic rings. The minimum atomic E-state index is 0.273. The van der Waals surface area contributed by atoms with E-state index in [1.165, 1.54) is 19.3 Å². The van der Waals surface area contributed by atoms with E-state index in [0.717, 1.165) is 22.3 Å². The van der Waals surface area contributed by atoms with E-state index in [2.05, 4.69) is 15.1 Å². The van der Waals surface area contributed by atoms with Crippen molar-refractivity contribution in [3.63, 3.8) is 0 Å². The second-order valence-electron chi connectivity index (χ2n) is 5.27. The number of oxime groups is 1. The van der Waals surface area contributed by atoms with Crippen LogP contribution in [0.3, 0.4) is 0 Å². The van der Waals surface area contributed by atoms with Gasteiger partial charge in [-0.3, -0.25) is 0 Å². The third-order valence-electron chi connectivity index (χ3n) is 3.92. The summed E-state index contributed by atoms with van der Waals surface area (Å²) in [6, 6.07) is 1.98. The van der Waals surface area contributed by atoms with Crippen molar-refractivity contribution in [1.82, 2.24) is 9.97 Å². The van der Waals surface area contributed by atoms with Crippen LogP contribution in [-0.2, 0) is 0 Å². The lowest BCUT2D eigenvalue weighted by atomic mass is 9.98. The molecule has 0 spiro atoms. The van der Waals surface area contributed by atoms with Crippen LogP contribution in [0, 0.1) is 25.7 Å². The summed E-state index contributed by atoms with van der Waals surface area (Å²) < 4.78 is 0. The number of thioether (sulfide) groups is 1. The second-order valence-corrected chi connectivity index (χ2v) is 6.38. The topological polar surface area (TPSA) is 58.4 Å². The van der Waals surface area contributed by atoms with Gasteiger partial charge in [0, 0.05) is 17.3 Å². The van der Waals surface area contributed by atoms with Crippen LogP contribution in [-0.4, -0.2) is 26.1 Å². The molecule has 1 N–H and O–H groups in total. The third-order valence-corrected chi connectivity index (χ3v) is 5.19. The maximum absolute atomic E-state index is 9.18. The molecule has 0 radical (unpaired) electrons. The maximum Gasteiger partial charge on any atom is 0.188 e. The molecule has 96 valence electrons. The van der Waals surface area contributed by atoms with E-state index in [-0.39, 0.29) is 5.25 Å². The average Bonchev–Trinajstić information content (AvgIpc) is 2.88. The molecule has 2 bridgehead atoms. The third kappa shape index (κ3) is 2.00. The number of aryl methyl sites for hydroxylation is 2. The molecule has 4 nitrogen and oxygen atoms in total. The van der Waals surface area contributed by atoms with Gasteiger partial charge < -0.3 is 5.21 Å². The summed E-state index contributed by atoms with van der Waals surface area (Å²) in [4.78, 5) is 8.93. The Morgan fingerprint density at radius 2 is 2.00 bits per heavy atom. The molecular formula is C13H17N3OS. The summed E-state index contributed by atoms with van der Waals surface area (Å²) in [7, 11) is 0. The molecule has 1 heterocycles. The minimum absolute atomic E-state index is 0.273. The van der Waals surface area contributed by atoms with Gasteiger partial charge in [0.15, 0.2) is 5.16 Å². The van der Waals surface area contributed by atoms with Crippen LogP contribution in [0.1, 0.15) is 30.7 Å². The highest BCUT2D eigenvalue weighted by Gasteiger charge is 2.46. The van der Waals surface area contributed by atoms with Crippen LogP contribution in [0.2, 0.25) is 0 Å². The fourth-order valence-electron chi connectivity index (χ4n) is 3.19. The first-order valence-electron chi connectivity index (χ1n) is 6.38. The number of hydrogen-bond donors (Lipinski definition) is 1. The zero-order chi connectivity index (χ0) is 12.7.